The number of carbonyl (C=O) groups excluding carboxylic acids is 1. The van der Waals surface area contributed by atoms with Crippen molar-refractivity contribution < 1.29 is 14.6 Å². The number of benzene rings is 1. The molecular weight excluding hydrogens is 290 g/mol. The summed E-state index contributed by atoms with van der Waals surface area (Å²) in [5, 5.41) is 10.9. The number of hydrogen-bond donors (Lipinski definition) is 1. The first-order chi connectivity index (χ1) is 10.7. The lowest BCUT2D eigenvalue weighted by Crippen LogP contribution is -2.49. The van der Waals surface area contributed by atoms with Crippen LogP contribution in [0, 0.1) is 5.92 Å². The van der Waals surface area contributed by atoms with E-state index in [-0.39, 0.29) is 23.6 Å². The zero-order valence-corrected chi connectivity index (χ0v) is 14.5. The Kier molecular flexibility index (Phi) is 3.91. The van der Waals surface area contributed by atoms with Gasteiger partial charge in [-0.1, -0.05) is 36.8 Å². The highest BCUT2D eigenvalue weighted by Gasteiger charge is 2.60. The van der Waals surface area contributed by atoms with E-state index in [0.717, 1.165) is 24.8 Å². The zero-order valence-electron chi connectivity index (χ0n) is 14.5. The van der Waals surface area contributed by atoms with Crippen molar-refractivity contribution in [3.63, 3.8) is 0 Å². The fraction of sp³-hybridized carbons (Fsp3) is 0.632. The van der Waals surface area contributed by atoms with Gasteiger partial charge in [-0.15, -0.1) is 0 Å². The summed E-state index contributed by atoms with van der Waals surface area (Å²) in [6.07, 6.45) is 2.05. The van der Waals surface area contributed by atoms with E-state index in [9.17, 15) is 9.90 Å². The first kappa shape index (κ1) is 16.3. The molecular formula is C19H27NO3. The predicted octanol–water partition coefficient (Wildman–Crippen LogP) is 3.90. The van der Waals surface area contributed by atoms with Gasteiger partial charge >= 0.3 is 6.09 Å². The number of aliphatic hydroxyl groups is 1. The highest BCUT2D eigenvalue weighted by atomic mass is 16.6. The van der Waals surface area contributed by atoms with Gasteiger partial charge in [0, 0.05) is 11.5 Å². The van der Waals surface area contributed by atoms with Crippen LogP contribution in [-0.2, 0) is 4.74 Å². The Morgan fingerprint density at radius 1 is 1.30 bits per heavy atom. The summed E-state index contributed by atoms with van der Waals surface area (Å²) < 4.78 is 5.67. The molecule has 23 heavy (non-hydrogen) atoms. The third-order valence-corrected chi connectivity index (χ3v) is 5.29. The fourth-order valence-electron chi connectivity index (χ4n) is 4.33. The SMILES string of the molecule is CC(C)(C)OC(=O)N1[C@@H](c2ccccc2)[C@H](O)[C@@H]2CCC[C@@]21C. The van der Waals surface area contributed by atoms with E-state index < -0.39 is 11.7 Å². The average Bonchev–Trinajstić information content (AvgIpc) is 2.93. The molecule has 4 nitrogen and oxygen atoms in total. The first-order valence-corrected chi connectivity index (χ1v) is 8.49. The fourth-order valence-corrected chi connectivity index (χ4v) is 4.33. The molecule has 4 atom stereocenters. The normalized spacial score (nSPS) is 33.6. The summed E-state index contributed by atoms with van der Waals surface area (Å²) in [6.45, 7) is 7.73. The Morgan fingerprint density at radius 3 is 2.57 bits per heavy atom. The minimum atomic E-state index is -0.545. The van der Waals surface area contributed by atoms with E-state index in [1.807, 2.05) is 56.0 Å². The van der Waals surface area contributed by atoms with Crippen molar-refractivity contribution in [2.24, 2.45) is 5.92 Å². The molecule has 0 unspecified atom stereocenters. The van der Waals surface area contributed by atoms with E-state index in [1.54, 1.807) is 0 Å². The molecule has 1 aliphatic heterocycles. The second-order valence-corrected chi connectivity index (χ2v) is 8.05. The molecule has 1 saturated carbocycles. The monoisotopic (exact) mass is 317 g/mol. The van der Waals surface area contributed by atoms with Crippen LogP contribution in [0.5, 0.6) is 0 Å². The van der Waals surface area contributed by atoms with E-state index in [1.165, 1.54) is 0 Å². The molecule has 4 heteroatoms. The molecule has 0 bridgehead atoms. The lowest BCUT2D eigenvalue weighted by atomic mass is 9.87. The minimum Gasteiger partial charge on any atom is -0.444 e. The number of carbonyl (C=O) groups is 1. The van der Waals surface area contributed by atoms with Gasteiger partial charge < -0.3 is 9.84 Å². The minimum absolute atomic E-state index is 0.111. The molecule has 1 amide bonds. The Balaban J connectivity index is 2.01. The van der Waals surface area contributed by atoms with Crippen LogP contribution in [0.4, 0.5) is 4.79 Å². The number of nitrogens with zero attached hydrogens (tertiary/aromatic N) is 1. The van der Waals surface area contributed by atoms with Crippen molar-refractivity contribution in [3.05, 3.63) is 35.9 Å². The van der Waals surface area contributed by atoms with Crippen LogP contribution in [0.3, 0.4) is 0 Å². The van der Waals surface area contributed by atoms with Crippen LogP contribution in [0.2, 0.25) is 0 Å². The second-order valence-electron chi connectivity index (χ2n) is 8.05. The zero-order chi connectivity index (χ0) is 16.8. The van der Waals surface area contributed by atoms with Crippen molar-refractivity contribution >= 4 is 6.09 Å². The maximum absolute atomic E-state index is 12.9. The summed E-state index contributed by atoms with van der Waals surface area (Å²) >= 11 is 0. The summed E-state index contributed by atoms with van der Waals surface area (Å²) in [5.41, 5.74) is 0.0972. The highest BCUT2D eigenvalue weighted by molar-refractivity contribution is 5.71. The lowest BCUT2D eigenvalue weighted by Gasteiger charge is -2.38. The van der Waals surface area contributed by atoms with Gasteiger partial charge in [0.2, 0.25) is 0 Å². The molecule has 2 fully saturated rings. The van der Waals surface area contributed by atoms with E-state index in [2.05, 4.69) is 6.92 Å². The molecule has 1 aliphatic carbocycles. The predicted molar refractivity (Wildman–Crippen MR) is 89.0 cm³/mol. The van der Waals surface area contributed by atoms with Gasteiger partial charge in [-0.05, 0) is 46.1 Å². The Bertz CT molecular complexity index is 580. The molecule has 126 valence electrons. The maximum Gasteiger partial charge on any atom is 0.411 e. The van der Waals surface area contributed by atoms with Crippen LogP contribution in [0.1, 0.15) is 58.6 Å². The van der Waals surface area contributed by atoms with Crippen molar-refractivity contribution in [2.45, 2.75) is 70.2 Å². The van der Waals surface area contributed by atoms with Gasteiger partial charge in [-0.3, -0.25) is 4.90 Å². The molecule has 1 saturated heterocycles. The average molecular weight is 317 g/mol. The molecule has 1 heterocycles. The second kappa shape index (κ2) is 5.52. The van der Waals surface area contributed by atoms with E-state index in [0.29, 0.717) is 0 Å². The largest absolute Gasteiger partial charge is 0.444 e. The summed E-state index contributed by atoms with van der Waals surface area (Å²) in [7, 11) is 0. The molecule has 0 spiro atoms. The maximum atomic E-state index is 12.9. The summed E-state index contributed by atoms with van der Waals surface area (Å²) in [4.78, 5) is 14.7. The van der Waals surface area contributed by atoms with Gasteiger partial charge in [0.1, 0.15) is 5.60 Å². The quantitative estimate of drug-likeness (QED) is 0.854. The molecule has 0 radical (unpaired) electrons. The summed E-state index contributed by atoms with van der Waals surface area (Å²) in [6, 6.07) is 9.48. The number of ether oxygens (including phenoxy) is 1. The number of likely N-dealkylation sites (tertiary alicyclic amines) is 1. The molecule has 1 aromatic rings. The molecule has 0 aromatic heterocycles. The van der Waals surface area contributed by atoms with Crippen molar-refractivity contribution in [2.75, 3.05) is 0 Å². The lowest BCUT2D eigenvalue weighted by molar-refractivity contribution is -0.00459. The highest BCUT2D eigenvalue weighted by Crippen LogP contribution is 2.54. The number of hydrogen-bond acceptors (Lipinski definition) is 3. The Hall–Kier alpha value is -1.55. The molecule has 1 N–H and O–H groups in total. The number of amides is 1. The van der Waals surface area contributed by atoms with Crippen LogP contribution in [-0.4, -0.2) is 33.3 Å². The van der Waals surface area contributed by atoms with Gasteiger partial charge in [0.25, 0.3) is 0 Å². The van der Waals surface area contributed by atoms with Gasteiger partial charge in [-0.2, -0.15) is 0 Å². The third-order valence-electron chi connectivity index (χ3n) is 5.29. The van der Waals surface area contributed by atoms with Crippen LogP contribution in [0.15, 0.2) is 30.3 Å². The topological polar surface area (TPSA) is 49.8 Å². The Morgan fingerprint density at radius 2 is 1.96 bits per heavy atom. The van der Waals surface area contributed by atoms with Crippen LogP contribution >= 0.6 is 0 Å². The van der Waals surface area contributed by atoms with Crippen LogP contribution < -0.4 is 0 Å². The Labute approximate surface area is 138 Å². The van der Waals surface area contributed by atoms with Crippen molar-refractivity contribution in [1.82, 2.24) is 4.90 Å². The van der Waals surface area contributed by atoms with Crippen LogP contribution in [0.25, 0.3) is 0 Å². The van der Waals surface area contributed by atoms with Gasteiger partial charge in [0.05, 0.1) is 12.1 Å². The van der Waals surface area contributed by atoms with Gasteiger partial charge in [-0.25, -0.2) is 4.79 Å². The first-order valence-electron chi connectivity index (χ1n) is 8.49. The smallest absolute Gasteiger partial charge is 0.411 e. The number of aliphatic hydroxyl groups excluding tert-OH is 1. The van der Waals surface area contributed by atoms with E-state index >= 15 is 0 Å². The third kappa shape index (κ3) is 2.74. The molecule has 2 aliphatic rings. The number of rotatable bonds is 1. The molecule has 1 aromatic carbocycles. The molecule has 3 rings (SSSR count). The standard InChI is InChI=1S/C19H27NO3/c1-18(2,3)23-17(22)20-15(13-9-6-5-7-10-13)16(21)14-11-8-12-19(14,20)4/h5-7,9-10,14-16,21H,8,11-12H2,1-4H3/t14-,15-,16+,19-/m0/s1. The van der Waals surface area contributed by atoms with Crippen molar-refractivity contribution in [3.8, 4) is 0 Å². The van der Waals surface area contributed by atoms with E-state index in [4.69, 9.17) is 4.74 Å². The number of fused-ring (bicyclic) bond motifs is 1. The van der Waals surface area contributed by atoms with Crippen molar-refractivity contribution in [1.29, 1.82) is 0 Å². The van der Waals surface area contributed by atoms with Gasteiger partial charge in [0.15, 0.2) is 0 Å². The summed E-state index contributed by atoms with van der Waals surface area (Å²) in [5.74, 6) is 0.111.